The van der Waals surface area contributed by atoms with Gasteiger partial charge in [-0.15, -0.1) is 0 Å². The van der Waals surface area contributed by atoms with Crippen LogP contribution < -0.4 is 15.8 Å². The van der Waals surface area contributed by atoms with Crippen molar-refractivity contribution < 1.29 is 9.53 Å². The van der Waals surface area contributed by atoms with Gasteiger partial charge in [0, 0.05) is 6.42 Å². The van der Waals surface area contributed by atoms with E-state index in [1.807, 2.05) is 25.1 Å². The molecule has 1 rings (SSSR count). The monoisotopic (exact) mass is 264 g/mol. The van der Waals surface area contributed by atoms with Crippen molar-refractivity contribution in [2.75, 3.05) is 13.2 Å². The lowest BCUT2D eigenvalue weighted by Gasteiger charge is -2.15. The number of benzene rings is 1. The summed E-state index contributed by atoms with van der Waals surface area (Å²) in [5.41, 5.74) is 6.56. The molecule has 4 heteroatoms. The molecule has 0 aliphatic heterocycles. The molecule has 1 atom stereocenters. The van der Waals surface area contributed by atoms with Crippen LogP contribution in [0.3, 0.4) is 0 Å². The molecule has 0 spiro atoms. The maximum absolute atomic E-state index is 11.2. The smallest absolute Gasteiger partial charge is 0.234 e. The van der Waals surface area contributed by atoms with Crippen LogP contribution in [0, 0.1) is 0 Å². The number of nitrogens with two attached hydrogens (primary N) is 1. The minimum Gasteiger partial charge on any atom is -0.494 e. The van der Waals surface area contributed by atoms with Crippen molar-refractivity contribution in [3.05, 3.63) is 29.8 Å². The Bertz CT molecular complexity index is 405. The minimum atomic E-state index is -0.332. The van der Waals surface area contributed by atoms with Crippen molar-refractivity contribution in [3.8, 4) is 5.75 Å². The molecular formula is C15H24N2O2. The van der Waals surface area contributed by atoms with Crippen molar-refractivity contribution in [2.45, 2.75) is 39.2 Å². The molecule has 0 fully saturated rings. The molecule has 1 aromatic rings. The summed E-state index contributed by atoms with van der Waals surface area (Å²) in [7, 11) is 0. The Morgan fingerprint density at radius 1 is 1.42 bits per heavy atom. The number of likely N-dealkylation sites (N-methyl/N-ethyl adjacent to an activating group) is 1. The van der Waals surface area contributed by atoms with Gasteiger partial charge in [0.2, 0.25) is 5.91 Å². The average molecular weight is 264 g/mol. The van der Waals surface area contributed by atoms with Gasteiger partial charge >= 0.3 is 0 Å². The van der Waals surface area contributed by atoms with E-state index < -0.39 is 0 Å². The fourth-order valence-corrected chi connectivity index (χ4v) is 1.85. The molecular weight excluding hydrogens is 240 g/mol. The van der Waals surface area contributed by atoms with Crippen LogP contribution in [0.25, 0.3) is 0 Å². The van der Waals surface area contributed by atoms with Crippen LogP contribution in [0.4, 0.5) is 0 Å². The lowest BCUT2D eigenvalue weighted by molar-refractivity contribution is -0.120. The van der Waals surface area contributed by atoms with E-state index in [1.165, 1.54) is 5.56 Å². The third kappa shape index (κ3) is 5.30. The number of primary amides is 1. The molecule has 0 aromatic heterocycles. The van der Waals surface area contributed by atoms with Crippen LogP contribution in [0.2, 0.25) is 0 Å². The van der Waals surface area contributed by atoms with Crippen molar-refractivity contribution in [1.29, 1.82) is 0 Å². The molecule has 0 heterocycles. The summed E-state index contributed by atoms with van der Waals surface area (Å²) in [5.74, 6) is 0.982. The van der Waals surface area contributed by atoms with E-state index in [0.29, 0.717) is 18.9 Å². The second-order valence-corrected chi connectivity index (χ2v) is 4.88. The van der Waals surface area contributed by atoms with Gasteiger partial charge in [-0.3, -0.25) is 4.79 Å². The first kappa shape index (κ1) is 15.5. The summed E-state index contributed by atoms with van der Waals surface area (Å²) in [5, 5.41) is 3.04. The van der Waals surface area contributed by atoms with E-state index in [0.717, 1.165) is 12.3 Å². The molecule has 0 aliphatic rings. The Morgan fingerprint density at radius 2 is 2.16 bits per heavy atom. The lowest BCUT2D eigenvalue weighted by atomic mass is 10.0. The number of rotatable bonds is 8. The first-order valence-electron chi connectivity index (χ1n) is 6.80. The Kier molecular flexibility index (Phi) is 6.36. The summed E-state index contributed by atoms with van der Waals surface area (Å²) in [6.45, 7) is 7.43. The van der Waals surface area contributed by atoms with Crippen LogP contribution in [-0.4, -0.2) is 25.1 Å². The van der Waals surface area contributed by atoms with Gasteiger partial charge in [0.25, 0.3) is 0 Å². The van der Waals surface area contributed by atoms with E-state index in [9.17, 15) is 4.79 Å². The molecule has 3 N–H and O–H groups in total. The molecule has 1 unspecified atom stereocenters. The van der Waals surface area contributed by atoms with Crippen molar-refractivity contribution in [2.24, 2.45) is 5.73 Å². The average Bonchev–Trinajstić information content (AvgIpc) is 2.38. The predicted molar refractivity (Wildman–Crippen MR) is 77.3 cm³/mol. The second kappa shape index (κ2) is 7.79. The van der Waals surface area contributed by atoms with Gasteiger partial charge in [-0.1, -0.05) is 32.9 Å². The Morgan fingerprint density at radius 3 is 2.74 bits per heavy atom. The summed E-state index contributed by atoms with van der Waals surface area (Å²) in [4.78, 5) is 11.2. The molecule has 19 heavy (non-hydrogen) atoms. The van der Waals surface area contributed by atoms with Gasteiger partial charge in [-0.05, 0) is 30.2 Å². The Hall–Kier alpha value is -1.55. The SMILES string of the molecule is CCNC(CCOc1cccc(C(C)C)c1)C(N)=O. The van der Waals surface area contributed by atoms with Crippen LogP contribution in [0.1, 0.15) is 38.7 Å². The highest BCUT2D eigenvalue weighted by Crippen LogP contribution is 2.20. The number of carbonyl (C=O) groups is 1. The zero-order valence-corrected chi connectivity index (χ0v) is 12.0. The van der Waals surface area contributed by atoms with E-state index in [2.05, 4.69) is 25.2 Å². The molecule has 0 aliphatic carbocycles. The number of amides is 1. The topological polar surface area (TPSA) is 64.3 Å². The number of nitrogens with one attached hydrogen (secondary N) is 1. The van der Waals surface area contributed by atoms with Crippen LogP contribution in [0.5, 0.6) is 5.75 Å². The van der Waals surface area contributed by atoms with Crippen molar-refractivity contribution >= 4 is 5.91 Å². The van der Waals surface area contributed by atoms with E-state index in [4.69, 9.17) is 10.5 Å². The van der Waals surface area contributed by atoms with Gasteiger partial charge in [-0.2, -0.15) is 0 Å². The Balaban J connectivity index is 2.48. The van der Waals surface area contributed by atoms with Crippen LogP contribution >= 0.6 is 0 Å². The third-order valence-electron chi connectivity index (χ3n) is 2.99. The van der Waals surface area contributed by atoms with Gasteiger partial charge in [0.05, 0.1) is 12.6 Å². The number of ether oxygens (including phenoxy) is 1. The summed E-state index contributed by atoms with van der Waals surface area (Å²) in [6, 6.07) is 7.72. The minimum absolute atomic E-state index is 0.321. The summed E-state index contributed by atoms with van der Waals surface area (Å²) >= 11 is 0. The molecule has 0 bridgehead atoms. The predicted octanol–water partition coefficient (Wildman–Crippen LogP) is 2.04. The molecule has 1 amide bonds. The summed E-state index contributed by atoms with van der Waals surface area (Å²) < 4.78 is 5.68. The first-order valence-corrected chi connectivity index (χ1v) is 6.80. The Labute approximate surface area is 115 Å². The number of hydrogen-bond acceptors (Lipinski definition) is 3. The fourth-order valence-electron chi connectivity index (χ4n) is 1.85. The highest BCUT2D eigenvalue weighted by molar-refractivity contribution is 5.79. The van der Waals surface area contributed by atoms with Crippen molar-refractivity contribution in [1.82, 2.24) is 5.32 Å². The normalized spacial score (nSPS) is 12.4. The van der Waals surface area contributed by atoms with E-state index >= 15 is 0 Å². The van der Waals surface area contributed by atoms with Gasteiger partial charge in [0.15, 0.2) is 0 Å². The van der Waals surface area contributed by atoms with Gasteiger partial charge < -0.3 is 15.8 Å². The molecule has 0 radical (unpaired) electrons. The fraction of sp³-hybridized carbons (Fsp3) is 0.533. The van der Waals surface area contributed by atoms with E-state index in [-0.39, 0.29) is 11.9 Å². The molecule has 4 nitrogen and oxygen atoms in total. The lowest BCUT2D eigenvalue weighted by Crippen LogP contribution is -2.42. The maximum atomic E-state index is 11.2. The molecule has 0 saturated carbocycles. The third-order valence-corrected chi connectivity index (χ3v) is 2.99. The van der Waals surface area contributed by atoms with Crippen LogP contribution in [0.15, 0.2) is 24.3 Å². The molecule has 0 saturated heterocycles. The molecule has 1 aromatic carbocycles. The number of hydrogen-bond donors (Lipinski definition) is 2. The van der Waals surface area contributed by atoms with Gasteiger partial charge in [-0.25, -0.2) is 0 Å². The maximum Gasteiger partial charge on any atom is 0.234 e. The van der Waals surface area contributed by atoms with E-state index in [1.54, 1.807) is 0 Å². The van der Waals surface area contributed by atoms with Gasteiger partial charge in [0.1, 0.15) is 5.75 Å². The highest BCUT2D eigenvalue weighted by atomic mass is 16.5. The highest BCUT2D eigenvalue weighted by Gasteiger charge is 2.13. The molecule has 106 valence electrons. The van der Waals surface area contributed by atoms with Crippen molar-refractivity contribution in [3.63, 3.8) is 0 Å². The quantitative estimate of drug-likeness (QED) is 0.755. The zero-order chi connectivity index (χ0) is 14.3. The standard InChI is InChI=1S/C15H24N2O2/c1-4-17-14(15(16)18)8-9-19-13-7-5-6-12(10-13)11(2)3/h5-7,10-11,14,17H,4,8-9H2,1-3H3,(H2,16,18). The van der Waals surface area contributed by atoms with Crippen LogP contribution in [-0.2, 0) is 4.79 Å². The number of carbonyl (C=O) groups excluding carboxylic acids is 1. The zero-order valence-electron chi connectivity index (χ0n) is 12.0. The second-order valence-electron chi connectivity index (χ2n) is 4.88. The largest absolute Gasteiger partial charge is 0.494 e. The summed E-state index contributed by atoms with van der Waals surface area (Å²) in [6.07, 6.45) is 0.578. The first-order chi connectivity index (χ1) is 9.04.